The fourth-order valence-electron chi connectivity index (χ4n) is 6.70. The van der Waals surface area contributed by atoms with Crippen LogP contribution in [0, 0.1) is 0 Å². The molecule has 0 aliphatic heterocycles. The van der Waals surface area contributed by atoms with E-state index in [0.717, 1.165) is 22.3 Å². The predicted molar refractivity (Wildman–Crippen MR) is 216 cm³/mol. The molecule has 264 valence electrons. The highest BCUT2D eigenvalue weighted by Crippen LogP contribution is 2.33. The summed E-state index contributed by atoms with van der Waals surface area (Å²) in [5.74, 6) is 0.228. The van der Waals surface area contributed by atoms with Crippen LogP contribution in [-0.2, 0) is 0 Å². The summed E-state index contributed by atoms with van der Waals surface area (Å²) < 4.78 is 0. The largest absolute Gasteiger partial charge is 0.323 e. The molecule has 0 unspecified atom stereocenters. The number of urea groups is 2. The minimum Gasteiger partial charge on any atom is -0.322 e. The third-order valence-electron chi connectivity index (χ3n) is 9.52. The van der Waals surface area contributed by atoms with Crippen molar-refractivity contribution < 1.29 is 14.4 Å². The fourth-order valence-corrected chi connectivity index (χ4v) is 6.70. The van der Waals surface area contributed by atoms with Crippen molar-refractivity contribution >= 4 is 46.4 Å². The maximum atomic E-state index is 13.4. The number of amides is 5. The van der Waals surface area contributed by atoms with Crippen LogP contribution in [0.3, 0.4) is 0 Å². The molecule has 5 amide bonds. The third-order valence-corrected chi connectivity index (χ3v) is 9.52. The van der Waals surface area contributed by atoms with E-state index in [2.05, 4.69) is 38.7 Å². The highest BCUT2D eigenvalue weighted by molar-refractivity contribution is 6.10. The Morgan fingerprint density at radius 1 is 0.415 bits per heavy atom. The molecule has 1 fully saturated rings. The fraction of sp³-hybridized carbons (Fsp3) is 0.133. The van der Waals surface area contributed by atoms with E-state index in [1.165, 1.54) is 37.7 Å². The van der Waals surface area contributed by atoms with Crippen molar-refractivity contribution in [2.24, 2.45) is 0 Å². The zero-order valence-electron chi connectivity index (χ0n) is 29.3. The van der Waals surface area contributed by atoms with Crippen LogP contribution in [0.5, 0.6) is 0 Å². The topological polar surface area (TPSA) is 111 Å². The van der Waals surface area contributed by atoms with E-state index in [1.807, 2.05) is 121 Å². The van der Waals surface area contributed by atoms with Crippen LogP contribution in [0.4, 0.5) is 38.0 Å². The van der Waals surface area contributed by atoms with Gasteiger partial charge in [-0.25, -0.2) is 9.59 Å². The molecule has 1 aliphatic carbocycles. The quantitative estimate of drug-likeness (QED) is 0.104. The van der Waals surface area contributed by atoms with Crippen molar-refractivity contribution in [3.63, 3.8) is 0 Å². The molecule has 6 aromatic rings. The molecule has 7 rings (SSSR count). The molecule has 0 spiro atoms. The van der Waals surface area contributed by atoms with Gasteiger partial charge in [0.1, 0.15) is 0 Å². The van der Waals surface area contributed by atoms with Gasteiger partial charge in [-0.3, -0.25) is 4.79 Å². The molecule has 0 aromatic heterocycles. The highest BCUT2D eigenvalue weighted by atomic mass is 16.2. The zero-order chi connectivity index (χ0) is 36.4. The molecular weight excluding hydrogens is 659 g/mol. The number of hydrogen-bond acceptors (Lipinski definition) is 3. The molecule has 1 aliphatic rings. The molecule has 53 heavy (non-hydrogen) atoms. The van der Waals surface area contributed by atoms with Gasteiger partial charge in [0.05, 0.1) is 11.4 Å². The van der Waals surface area contributed by atoms with Gasteiger partial charge in [0.15, 0.2) is 0 Å². The summed E-state index contributed by atoms with van der Waals surface area (Å²) in [6, 6.07) is 46.7. The SMILES string of the molecule is O=C(Nc1ccc(-c2ccccc2)cc1)Nc1ccc(C(=O)Nc2ccc(C3CCCCC3)cc2)cc1NC(=O)Nc1ccc(-c2ccccc2)cc1. The van der Waals surface area contributed by atoms with E-state index in [4.69, 9.17) is 0 Å². The zero-order valence-corrected chi connectivity index (χ0v) is 29.3. The molecule has 0 bridgehead atoms. The number of hydrogen-bond donors (Lipinski definition) is 5. The lowest BCUT2D eigenvalue weighted by molar-refractivity contribution is 0.102. The monoisotopic (exact) mass is 699 g/mol. The van der Waals surface area contributed by atoms with E-state index < -0.39 is 12.1 Å². The Kier molecular flexibility index (Phi) is 10.9. The number of benzene rings is 6. The standard InChI is InChI=1S/C45H41N5O3/c51-43(46-38-23-16-34(17-24-38)31-10-4-1-5-11-31)37-22-29-41(49-44(52)47-39-25-18-35(19-26-39)32-12-6-2-7-13-32)42(30-37)50-45(53)48-40-27-20-36(21-28-40)33-14-8-3-9-15-33/h2-3,6-9,12-31H,1,4-5,10-11H2,(H,46,51)(H2,47,49,52)(H2,48,50,53). The lowest BCUT2D eigenvalue weighted by atomic mass is 9.84. The van der Waals surface area contributed by atoms with Crippen molar-refractivity contribution in [1.29, 1.82) is 0 Å². The Hall–Kier alpha value is -6.67. The average Bonchev–Trinajstić information content (AvgIpc) is 3.20. The van der Waals surface area contributed by atoms with Crippen molar-refractivity contribution in [1.82, 2.24) is 0 Å². The Balaban J connectivity index is 1.06. The summed E-state index contributed by atoms with van der Waals surface area (Å²) in [6.45, 7) is 0. The highest BCUT2D eigenvalue weighted by Gasteiger charge is 2.17. The number of anilines is 5. The molecule has 8 heteroatoms. The normalized spacial score (nSPS) is 12.7. The summed E-state index contributed by atoms with van der Waals surface area (Å²) in [4.78, 5) is 39.9. The Labute approximate surface area is 309 Å². The summed E-state index contributed by atoms with van der Waals surface area (Å²) in [5.41, 5.74) is 8.22. The van der Waals surface area contributed by atoms with E-state index in [-0.39, 0.29) is 11.6 Å². The lowest BCUT2D eigenvalue weighted by Crippen LogP contribution is -2.24. The van der Waals surface area contributed by atoms with Crippen LogP contribution in [0.1, 0.15) is 53.9 Å². The van der Waals surface area contributed by atoms with Gasteiger partial charge in [-0.05, 0) is 101 Å². The Morgan fingerprint density at radius 2 is 0.868 bits per heavy atom. The van der Waals surface area contributed by atoms with Crippen molar-refractivity contribution in [3.8, 4) is 22.3 Å². The summed E-state index contributed by atoms with van der Waals surface area (Å²) >= 11 is 0. The van der Waals surface area contributed by atoms with Crippen molar-refractivity contribution in [2.45, 2.75) is 38.0 Å². The minimum atomic E-state index is -0.534. The summed E-state index contributed by atoms with van der Waals surface area (Å²) in [6.07, 6.45) is 6.21. The first-order valence-corrected chi connectivity index (χ1v) is 18.0. The second-order valence-corrected chi connectivity index (χ2v) is 13.2. The van der Waals surface area contributed by atoms with Gasteiger partial charge in [0.2, 0.25) is 0 Å². The molecular formula is C45H41N5O3. The van der Waals surface area contributed by atoms with Gasteiger partial charge in [-0.1, -0.05) is 116 Å². The van der Waals surface area contributed by atoms with E-state index in [9.17, 15) is 14.4 Å². The number of nitrogens with one attached hydrogen (secondary N) is 5. The second-order valence-electron chi connectivity index (χ2n) is 13.2. The van der Waals surface area contributed by atoms with Crippen LogP contribution < -0.4 is 26.6 Å². The van der Waals surface area contributed by atoms with Crippen LogP contribution in [0.15, 0.2) is 152 Å². The first-order chi connectivity index (χ1) is 26.0. The first-order valence-electron chi connectivity index (χ1n) is 18.0. The summed E-state index contributed by atoms with van der Waals surface area (Å²) in [7, 11) is 0. The predicted octanol–water partition coefficient (Wildman–Crippen LogP) is 11.6. The van der Waals surface area contributed by atoms with Crippen molar-refractivity contribution in [2.75, 3.05) is 26.6 Å². The Morgan fingerprint density at radius 3 is 1.40 bits per heavy atom. The van der Waals surface area contributed by atoms with Gasteiger partial charge in [0.25, 0.3) is 5.91 Å². The van der Waals surface area contributed by atoms with E-state index in [0.29, 0.717) is 34.2 Å². The van der Waals surface area contributed by atoms with Gasteiger partial charge in [-0.2, -0.15) is 0 Å². The number of carbonyl (C=O) groups excluding carboxylic acids is 3. The van der Waals surface area contributed by atoms with Gasteiger partial charge in [-0.15, -0.1) is 0 Å². The minimum absolute atomic E-state index is 0.248. The second kappa shape index (κ2) is 16.6. The van der Waals surface area contributed by atoms with Crippen LogP contribution in [-0.4, -0.2) is 18.0 Å². The summed E-state index contributed by atoms with van der Waals surface area (Å²) in [5, 5.41) is 14.3. The van der Waals surface area contributed by atoms with Crippen LogP contribution in [0.2, 0.25) is 0 Å². The average molecular weight is 700 g/mol. The van der Waals surface area contributed by atoms with Crippen molar-refractivity contribution in [3.05, 3.63) is 163 Å². The molecule has 5 N–H and O–H groups in total. The maximum absolute atomic E-state index is 13.4. The van der Waals surface area contributed by atoms with E-state index in [1.54, 1.807) is 18.2 Å². The number of carbonyl (C=O) groups is 3. The van der Waals surface area contributed by atoms with E-state index >= 15 is 0 Å². The van der Waals surface area contributed by atoms with Crippen LogP contribution >= 0.6 is 0 Å². The maximum Gasteiger partial charge on any atom is 0.323 e. The number of rotatable bonds is 9. The molecule has 6 aromatic carbocycles. The molecule has 1 saturated carbocycles. The first kappa shape index (κ1) is 34.8. The smallest absolute Gasteiger partial charge is 0.322 e. The molecule has 0 radical (unpaired) electrons. The molecule has 0 saturated heterocycles. The van der Waals surface area contributed by atoms with Gasteiger partial charge >= 0.3 is 12.1 Å². The molecule has 0 atom stereocenters. The van der Waals surface area contributed by atoms with Gasteiger partial charge < -0.3 is 26.6 Å². The lowest BCUT2D eigenvalue weighted by Gasteiger charge is -2.22. The van der Waals surface area contributed by atoms with Gasteiger partial charge in [0, 0.05) is 22.6 Å². The molecule has 8 nitrogen and oxygen atoms in total. The molecule has 0 heterocycles. The Bertz CT molecular complexity index is 2160. The third kappa shape index (κ3) is 9.17. The van der Waals surface area contributed by atoms with Crippen LogP contribution in [0.25, 0.3) is 22.3 Å².